The van der Waals surface area contributed by atoms with Gasteiger partial charge in [-0.2, -0.15) is 0 Å². The first-order valence-corrected chi connectivity index (χ1v) is 8.50. The van der Waals surface area contributed by atoms with Gasteiger partial charge < -0.3 is 14.4 Å². The summed E-state index contributed by atoms with van der Waals surface area (Å²) in [5, 5.41) is 4.13. The van der Waals surface area contributed by atoms with Crippen LogP contribution in [-0.2, 0) is 11.3 Å². The lowest BCUT2D eigenvalue weighted by Crippen LogP contribution is -2.30. The lowest BCUT2D eigenvalue weighted by molar-refractivity contribution is -0.132. The monoisotopic (exact) mass is 341 g/mol. The fourth-order valence-corrected chi connectivity index (χ4v) is 3.16. The zero-order valence-corrected chi connectivity index (χ0v) is 14.5. The van der Waals surface area contributed by atoms with Crippen LogP contribution < -0.4 is 9.47 Å². The molecule has 24 heavy (non-hydrogen) atoms. The number of thiophene rings is 1. The minimum atomic E-state index is -0.0471. The fraction of sp³-hybridized carbons (Fsp3) is 0.211. The Labute approximate surface area is 145 Å². The second-order valence-electron chi connectivity index (χ2n) is 5.49. The van der Waals surface area contributed by atoms with Crippen LogP contribution in [0.4, 0.5) is 0 Å². The summed E-state index contributed by atoms with van der Waals surface area (Å²) in [7, 11) is 3.43. The summed E-state index contributed by atoms with van der Waals surface area (Å²) in [6.07, 6.45) is 0. The van der Waals surface area contributed by atoms with Crippen molar-refractivity contribution in [2.75, 3.05) is 20.8 Å². The SMILES string of the molecule is COc1ccc2ccc(OCC(=O)N(C)Cc3cccs3)cc2c1. The van der Waals surface area contributed by atoms with E-state index in [0.717, 1.165) is 21.4 Å². The van der Waals surface area contributed by atoms with Gasteiger partial charge in [0.15, 0.2) is 6.61 Å². The molecular weight excluding hydrogens is 322 g/mol. The first-order valence-electron chi connectivity index (χ1n) is 7.62. The van der Waals surface area contributed by atoms with E-state index in [0.29, 0.717) is 12.3 Å². The van der Waals surface area contributed by atoms with Gasteiger partial charge in [-0.15, -0.1) is 11.3 Å². The third kappa shape index (κ3) is 3.86. The molecule has 0 aliphatic carbocycles. The van der Waals surface area contributed by atoms with Gasteiger partial charge in [0.05, 0.1) is 13.7 Å². The third-order valence-electron chi connectivity index (χ3n) is 3.78. The molecule has 2 aromatic carbocycles. The summed E-state index contributed by atoms with van der Waals surface area (Å²) >= 11 is 1.64. The minimum Gasteiger partial charge on any atom is -0.497 e. The minimum absolute atomic E-state index is 0.0251. The molecule has 0 radical (unpaired) electrons. The molecule has 0 aliphatic heterocycles. The zero-order valence-electron chi connectivity index (χ0n) is 13.7. The van der Waals surface area contributed by atoms with E-state index in [4.69, 9.17) is 9.47 Å². The van der Waals surface area contributed by atoms with E-state index in [2.05, 4.69) is 0 Å². The smallest absolute Gasteiger partial charge is 0.260 e. The predicted molar refractivity (Wildman–Crippen MR) is 96.8 cm³/mol. The van der Waals surface area contributed by atoms with Crippen molar-refractivity contribution < 1.29 is 14.3 Å². The maximum absolute atomic E-state index is 12.2. The molecule has 1 aromatic heterocycles. The number of hydrogen-bond donors (Lipinski definition) is 0. The average Bonchev–Trinajstić information content (AvgIpc) is 3.11. The van der Waals surface area contributed by atoms with Gasteiger partial charge in [-0.1, -0.05) is 18.2 Å². The fourth-order valence-electron chi connectivity index (χ4n) is 2.40. The molecule has 0 atom stereocenters. The maximum Gasteiger partial charge on any atom is 0.260 e. The number of benzene rings is 2. The summed E-state index contributed by atoms with van der Waals surface area (Å²) in [6, 6.07) is 15.6. The normalized spacial score (nSPS) is 10.6. The van der Waals surface area contributed by atoms with Crippen LogP contribution in [0.1, 0.15) is 4.88 Å². The van der Waals surface area contributed by atoms with Gasteiger partial charge in [0.25, 0.3) is 5.91 Å². The van der Waals surface area contributed by atoms with E-state index in [1.54, 1.807) is 30.4 Å². The summed E-state index contributed by atoms with van der Waals surface area (Å²) < 4.78 is 10.9. The molecule has 1 heterocycles. The molecule has 0 spiro atoms. The van der Waals surface area contributed by atoms with Crippen molar-refractivity contribution in [3.63, 3.8) is 0 Å². The number of hydrogen-bond acceptors (Lipinski definition) is 4. The van der Waals surface area contributed by atoms with Crippen molar-refractivity contribution in [1.29, 1.82) is 0 Å². The lowest BCUT2D eigenvalue weighted by Gasteiger charge is -2.16. The number of amides is 1. The number of fused-ring (bicyclic) bond motifs is 1. The van der Waals surface area contributed by atoms with Crippen molar-refractivity contribution in [2.45, 2.75) is 6.54 Å². The zero-order chi connectivity index (χ0) is 16.9. The summed E-state index contributed by atoms with van der Waals surface area (Å²) in [6.45, 7) is 0.631. The number of carbonyl (C=O) groups excluding carboxylic acids is 1. The highest BCUT2D eigenvalue weighted by molar-refractivity contribution is 7.09. The molecule has 3 rings (SSSR count). The van der Waals surface area contributed by atoms with E-state index >= 15 is 0 Å². The Bertz CT molecular complexity index is 830. The van der Waals surface area contributed by atoms with Crippen LogP contribution in [0.3, 0.4) is 0 Å². The van der Waals surface area contributed by atoms with E-state index in [1.165, 1.54) is 0 Å². The second-order valence-corrected chi connectivity index (χ2v) is 6.52. The van der Waals surface area contributed by atoms with Crippen molar-refractivity contribution in [1.82, 2.24) is 4.90 Å². The molecule has 0 aliphatic rings. The van der Waals surface area contributed by atoms with E-state index in [9.17, 15) is 4.79 Å². The van der Waals surface area contributed by atoms with Crippen molar-refractivity contribution in [3.05, 3.63) is 58.8 Å². The van der Waals surface area contributed by atoms with Crippen molar-refractivity contribution >= 4 is 28.0 Å². The molecule has 1 amide bonds. The molecule has 124 valence electrons. The Kier molecular flexibility index (Phi) is 5.01. The number of rotatable bonds is 6. The molecule has 0 saturated carbocycles. The molecule has 0 saturated heterocycles. The number of nitrogens with zero attached hydrogens (tertiary/aromatic N) is 1. The van der Waals surface area contributed by atoms with Gasteiger partial charge >= 0.3 is 0 Å². The lowest BCUT2D eigenvalue weighted by atomic mass is 10.1. The van der Waals surface area contributed by atoms with Gasteiger partial charge in [0, 0.05) is 11.9 Å². The van der Waals surface area contributed by atoms with Crippen molar-refractivity contribution in [3.8, 4) is 11.5 Å². The molecule has 0 fully saturated rings. The summed E-state index contributed by atoms with van der Waals surface area (Å²) in [5.74, 6) is 1.43. The van der Waals surface area contributed by atoms with Gasteiger partial charge in [-0.25, -0.2) is 0 Å². The first kappa shape index (κ1) is 16.3. The van der Waals surface area contributed by atoms with Gasteiger partial charge in [0.1, 0.15) is 11.5 Å². The van der Waals surface area contributed by atoms with Crippen LogP contribution in [0.5, 0.6) is 11.5 Å². The molecule has 5 heteroatoms. The Balaban J connectivity index is 1.63. The molecule has 4 nitrogen and oxygen atoms in total. The van der Waals surface area contributed by atoms with Crippen LogP contribution in [0.25, 0.3) is 10.8 Å². The molecular formula is C19H19NO3S. The Hall–Kier alpha value is -2.53. The highest BCUT2D eigenvalue weighted by Crippen LogP contribution is 2.25. The Morgan fingerprint density at radius 1 is 1.08 bits per heavy atom. The van der Waals surface area contributed by atoms with E-state index in [1.807, 2.05) is 53.9 Å². The highest BCUT2D eigenvalue weighted by atomic mass is 32.1. The third-order valence-corrected chi connectivity index (χ3v) is 4.64. The number of methoxy groups -OCH3 is 1. The molecule has 0 bridgehead atoms. The number of likely N-dealkylation sites (N-methyl/N-ethyl adjacent to an activating group) is 1. The summed E-state index contributed by atoms with van der Waals surface area (Å²) in [5.41, 5.74) is 0. The highest BCUT2D eigenvalue weighted by Gasteiger charge is 2.11. The summed E-state index contributed by atoms with van der Waals surface area (Å²) in [4.78, 5) is 15.0. The van der Waals surface area contributed by atoms with Crippen LogP contribution in [0, 0.1) is 0 Å². The van der Waals surface area contributed by atoms with Gasteiger partial charge in [-0.05, 0) is 46.5 Å². The van der Waals surface area contributed by atoms with E-state index in [-0.39, 0.29) is 12.5 Å². The van der Waals surface area contributed by atoms with Crippen LogP contribution in [0.2, 0.25) is 0 Å². The van der Waals surface area contributed by atoms with Crippen LogP contribution >= 0.6 is 11.3 Å². The molecule has 0 unspecified atom stereocenters. The molecule has 0 N–H and O–H groups in total. The molecule has 3 aromatic rings. The van der Waals surface area contributed by atoms with Crippen LogP contribution in [-0.4, -0.2) is 31.6 Å². The predicted octanol–water partition coefficient (Wildman–Crippen LogP) is 3.95. The Morgan fingerprint density at radius 3 is 2.54 bits per heavy atom. The second kappa shape index (κ2) is 7.36. The number of ether oxygens (including phenoxy) is 2. The topological polar surface area (TPSA) is 38.8 Å². The van der Waals surface area contributed by atoms with E-state index < -0.39 is 0 Å². The van der Waals surface area contributed by atoms with Crippen molar-refractivity contribution in [2.24, 2.45) is 0 Å². The first-order chi connectivity index (χ1) is 11.7. The van der Waals surface area contributed by atoms with Crippen LogP contribution in [0.15, 0.2) is 53.9 Å². The average molecular weight is 341 g/mol. The standard InChI is InChI=1S/C19H19NO3S/c1-20(12-18-4-3-9-24-18)19(21)13-23-17-8-6-14-5-7-16(22-2)10-15(14)11-17/h3-11H,12-13H2,1-2H3. The number of carbonyl (C=O) groups is 1. The maximum atomic E-state index is 12.2. The Morgan fingerprint density at radius 2 is 1.83 bits per heavy atom. The quantitative estimate of drug-likeness (QED) is 0.681. The van der Waals surface area contributed by atoms with Gasteiger partial charge in [0.2, 0.25) is 0 Å². The van der Waals surface area contributed by atoms with Gasteiger partial charge in [-0.3, -0.25) is 4.79 Å². The largest absolute Gasteiger partial charge is 0.497 e.